The molecule has 2 aliphatic rings. The van der Waals surface area contributed by atoms with Crippen LogP contribution < -0.4 is 0 Å². The molecule has 5 heteroatoms. The van der Waals surface area contributed by atoms with Crippen LogP contribution in [0.2, 0.25) is 0 Å². The molecule has 0 bridgehead atoms. The Labute approximate surface area is 166 Å². The lowest BCUT2D eigenvalue weighted by atomic mass is 9.99. The Balaban J connectivity index is 0.00000158. The molecule has 2 fully saturated rings. The molecule has 1 unspecified atom stereocenters. The Hall–Kier alpha value is -1.39. The van der Waals surface area contributed by atoms with Crippen LogP contribution in [0.3, 0.4) is 0 Å². The molecule has 0 radical (unpaired) electrons. The van der Waals surface area contributed by atoms with Crippen molar-refractivity contribution >= 4 is 17.7 Å². The fourth-order valence-corrected chi connectivity index (χ4v) is 3.40. The smallest absolute Gasteiger partial charge is 0.232 e. The number of unbranched alkanes of at least 4 members (excludes halogenated alkanes) is 3. The van der Waals surface area contributed by atoms with Crippen LogP contribution in [0, 0.1) is 11.8 Å². The van der Waals surface area contributed by atoms with Crippen molar-refractivity contribution in [3.05, 3.63) is 0 Å². The summed E-state index contributed by atoms with van der Waals surface area (Å²) in [4.78, 5) is 38.9. The highest BCUT2D eigenvalue weighted by Gasteiger charge is 2.34. The van der Waals surface area contributed by atoms with Gasteiger partial charge in [-0.3, -0.25) is 19.3 Å². The maximum atomic E-state index is 12.1. The van der Waals surface area contributed by atoms with Crippen LogP contribution in [0.5, 0.6) is 0 Å². The third-order valence-corrected chi connectivity index (χ3v) is 5.13. The molecule has 1 atom stereocenters. The molecule has 5 nitrogen and oxygen atoms in total. The van der Waals surface area contributed by atoms with Crippen molar-refractivity contribution in [2.24, 2.45) is 11.8 Å². The number of rotatable bonds is 7. The summed E-state index contributed by atoms with van der Waals surface area (Å²) in [5.41, 5.74) is 0. The van der Waals surface area contributed by atoms with E-state index in [1.54, 1.807) is 0 Å². The lowest BCUT2D eigenvalue weighted by Crippen LogP contribution is -2.37. The van der Waals surface area contributed by atoms with Crippen molar-refractivity contribution in [1.29, 1.82) is 0 Å². The predicted molar refractivity (Wildman–Crippen MR) is 111 cm³/mol. The fourth-order valence-electron chi connectivity index (χ4n) is 3.40. The van der Waals surface area contributed by atoms with E-state index in [2.05, 4.69) is 6.92 Å². The van der Waals surface area contributed by atoms with E-state index in [0.29, 0.717) is 19.4 Å². The molecule has 0 aromatic carbocycles. The van der Waals surface area contributed by atoms with Gasteiger partial charge >= 0.3 is 0 Å². The first-order valence-corrected chi connectivity index (χ1v) is 11.1. The summed E-state index contributed by atoms with van der Waals surface area (Å²) in [5.74, 6) is 0.835. The number of likely N-dealkylation sites (tertiary alicyclic amines) is 2. The number of carbonyl (C=O) groups excluding carboxylic acids is 3. The SMILES string of the molecule is CC.CC.CC1CCN(C(=O)CCCCCCN2C(=O)CC(C)C2=O)CC1. The lowest BCUT2D eigenvalue weighted by Gasteiger charge is -2.30. The zero-order chi connectivity index (χ0) is 20.8. The summed E-state index contributed by atoms with van der Waals surface area (Å²) in [7, 11) is 0. The van der Waals surface area contributed by atoms with Gasteiger partial charge in [0.1, 0.15) is 0 Å². The van der Waals surface area contributed by atoms with Crippen LogP contribution in [0.1, 0.15) is 92.9 Å². The number of amides is 3. The van der Waals surface area contributed by atoms with Gasteiger partial charge in [0.15, 0.2) is 0 Å². The number of nitrogens with zero attached hydrogens (tertiary/aromatic N) is 2. The molecule has 0 aliphatic carbocycles. The lowest BCUT2D eigenvalue weighted by molar-refractivity contribution is -0.139. The van der Waals surface area contributed by atoms with Gasteiger partial charge in [0, 0.05) is 38.4 Å². The van der Waals surface area contributed by atoms with Gasteiger partial charge in [0.25, 0.3) is 0 Å². The Morgan fingerprint density at radius 3 is 2.00 bits per heavy atom. The first-order valence-electron chi connectivity index (χ1n) is 11.1. The third-order valence-electron chi connectivity index (χ3n) is 5.13. The molecule has 0 aromatic rings. The van der Waals surface area contributed by atoms with Crippen molar-refractivity contribution in [1.82, 2.24) is 9.80 Å². The largest absolute Gasteiger partial charge is 0.343 e. The monoisotopic (exact) mass is 382 g/mol. The molecule has 27 heavy (non-hydrogen) atoms. The molecule has 0 saturated carbocycles. The number of imide groups is 1. The average Bonchev–Trinajstić information content (AvgIpc) is 2.93. The van der Waals surface area contributed by atoms with Gasteiger partial charge in [-0.15, -0.1) is 0 Å². The molecule has 158 valence electrons. The minimum Gasteiger partial charge on any atom is -0.343 e. The zero-order valence-corrected chi connectivity index (χ0v) is 18.6. The number of piperidine rings is 1. The van der Waals surface area contributed by atoms with Crippen LogP contribution in [-0.2, 0) is 14.4 Å². The van der Waals surface area contributed by atoms with Gasteiger partial charge in [-0.25, -0.2) is 0 Å². The summed E-state index contributed by atoms with van der Waals surface area (Å²) in [6.45, 7) is 14.4. The highest BCUT2D eigenvalue weighted by molar-refractivity contribution is 6.03. The van der Waals surface area contributed by atoms with Gasteiger partial charge < -0.3 is 4.90 Å². The molecule has 3 amide bonds. The van der Waals surface area contributed by atoms with Crippen molar-refractivity contribution in [3.8, 4) is 0 Å². The highest BCUT2D eigenvalue weighted by Crippen LogP contribution is 2.20. The molecule has 0 aromatic heterocycles. The second kappa shape index (κ2) is 14.6. The van der Waals surface area contributed by atoms with Crippen LogP contribution >= 0.6 is 0 Å². The van der Waals surface area contributed by atoms with E-state index in [1.807, 2.05) is 39.5 Å². The Morgan fingerprint density at radius 1 is 0.926 bits per heavy atom. The highest BCUT2D eigenvalue weighted by atomic mass is 16.2. The molecular weight excluding hydrogens is 340 g/mol. The van der Waals surface area contributed by atoms with Crippen LogP contribution in [-0.4, -0.2) is 47.2 Å². The van der Waals surface area contributed by atoms with Crippen molar-refractivity contribution in [3.63, 3.8) is 0 Å². The molecular formula is C22H42N2O3. The normalized spacial score (nSPS) is 20.0. The van der Waals surface area contributed by atoms with Gasteiger partial charge in [0.05, 0.1) is 0 Å². The van der Waals surface area contributed by atoms with Gasteiger partial charge in [0.2, 0.25) is 17.7 Å². The quantitative estimate of drug-likeness (QED) is 0.476. The topological polar surface area (TPSA) is 57.7 Å². The standard InChI is InChI=1S/C18H30N2O3.2C2H6/c1-14-8-11-19(12-9-14)16(21)7-5-3-4-6-10-20-17(22)13-15(2)18(20)23;2*1-2/h14-15H,3-13H2,1-2H3;2*1-2H3. The molecule has 2 rings (SSSR count). The van der Waals surface area contributed by atoms with Gasteiger partial charge in [-0.1, -0.05) is 54.4 Å². The fraction of sp³-hybridized carbons (Fsp3) is 0.864. The summed E-state index contributed by atoms with van der Waals surface area (Å²) in [6, 6.07) is 0. The second-order valence-corrected chi connectivity index (χ2v) is 7.22. The maximum Gasteiger partial charge on any atom is 0.232 e. The number of hydrogen-bond acceptors (Lipinski definition) is 3. The first kappa shape index (κ1) is 25.6. The molecule has 2 aliphatic heterocycles. The second-order valence-electron chi connectivity index (χ2n) is 7.22. The van der Waals surface area contributed by atoms with Crippen LogP contribution in [0.25, 0.3) is 0 Å². The molecule has 0 spiro atoms. The Kier molecular flexibility index (Phi) is 13.9. The van der Waals surface area contributed by atoms with Crippen molar-refractivity contribution in [2.75, 3.05) is 19.6 Å². The van der Waals surface area contributed by atoms with E-state index in [9.17, 15) is 14.4 Å². The minimum atomic E-state index is -0.146. The van der Waals surface area contributed by atoms with Crippen molar-refractivity contribution in [2.45, 2.75) is 92.9 Å². The summed E-state index contributed by atoms with van der Waals surface area (Å²) in [6.07, 6.45) is 6.96. The minimum absolute atomic E-state index is 0.0236. The average molecular weight is 383 g/mol. The van der Waals surface area contributed by atoms with E-state index in [1.165, 1.54) is 4.90 Å². The summed E-state index contributed by atoms with van der Waals surface area (Å²) >= 11 is 0. The first-order chi connectivity index (χ1) is 13.0. The summed E-state index contributed by atoms with van der Waals surface area (Å²) < 4.78 is 0. The van der Waals surface area contributed by atoms with Crippen molar-refractivity contribution < 1.29 is 14.4 Å². The third kappa shape index (κ3) is 8.89. The van der Waals surface area contributed by atoms with E-state index in [0.717, 1.165) is 57.5 Å². The molecule has 0 N–H and O–H groups in total. The van der Waals surface area contributed by atoms with Crippen LogP contribution in [0.15, 0.2) is 0 Å². The van der Waals surface area contributed by atoms with E-state index in [-0.39, 0.29) is 23.6 Å². The van der Waals surface area contributed by atoms with E-state index in [4.69, 9.17) is 0 Å². The Morgan fingerprint density at radius 2 is 1.48 bits per heavy atom. The Bertz CT molecular complexity index is 443. The number of hydrogen-bond donors (Lipinski definition) is 0. The summed E-state index contributed by atoms with van der Waals surface area (Å²) in [5, 5.41) is 0. The number of carbonyl (C=O) groups is 3. The van der Waals surface area contributed by atoms with E-state index < -0.39 is 0 Å². The molecule has 2 saturated heterocycles. The van der Waals surface area contributed by atoms with Gasteiger partial charge in [-0.2, -0.15) is 0 Å². The predicted octanol–water partition coefficient (Wildman–Crippen LogP) is 4.64. The van der Waals surface area contributed by atoms with Crippen LogP contribution in [0.4, 0.5) is 0 Å². The van der Waals surface area contributed by atoms with E-state index >= 15 is 0 Å². The molecule has 2 heterocycles. The maximum absolute atomic E-state index is 12.1. The van der Waals surface area contributed by atoms with Gasteiger partial charge in [-0.05, 0) is 31.6 Å². The zero-order valence-electron chi connectivity index (χ0n) is 18.6.